The maximum absolute atomic E-state index is 6.10. The number of nitrogens with zero attached hydrogens (tertiary/aromatic N) is 3. The van der Waals surface area contributed by atoms with Gasteiger partial charge in [-0.05, 0) is 50.1 Å². The molecule has 6 heteroatoms. The third-order valence-electron chi connectivity index (χ3n) is 5.25. The van der Waals surface area contributed by atoms with E-state index in [1.165, 1.54) is 30.5 Å². The predicted molar refractivity (Wildman–Crippen MR) is 122 cm³/mol. The first-order valence-corrected chi connectivity index (χ1v) is 9.74. The van der Waals surface area contributed by atoms with Gasteiger partial charge in [0.05, 0.1) is 6.54 Å². The lowest BCUT2D eigenvalue weighted by Crippen LogP contribution is -2.42. The number of likely N-dealkylation sites (tertiary alicyclic amines) is 1. The summed E-state index contributed by atoms with van der Waals surface area (Å²) in [7, 11) is 0. The molecular weight excluding hydrogens is 437 g/mol. The van der Waals surface area contributed by atoms with Gasteiger partial charge in [0.1, 0.15) is 0 Å². The Morgan fingerprint density at radius 2 is 1.92 bits per heavy atom. The molecule has 1 aliphatic rings. The number of likely N-dealkylation sites (N-methyl/N-ethyl adjacent to an activating group) is 1. The monoisotopic (exact) mass is 473 g/mol. The molecule has 26 heavy (non-hydrogen) atoms. The summed E-state index contributed by atoms with van der Waals surface area (Å²) in [6.45, 7) is 13.6. The van der Waals surface area contributed by atoms with E-state index in [-0.39, 0.29) is 24.0 Å². The minimum absolute atomic E-state index is 0. The van der Waals surface area contributed by atoms with Crippen molar-refractivity contribution in [1.29, 1.82) is 0 Å². The van der Waals surface area contributed by atoms with E-state index < -0.39 is 0 Å². The summed E-state index contributed by atoms with van der Waals surface area (Å²) in [5.74, 6) is 0.556. The Labute approximate surface area is 176 Å². The van der Waals surface area contributed by atoms with Gasteiger partial charge in [0, 0.05) is 19.1 Å². The molecule has 5 nitrogen and oxygen atoms in total. The molecule has 0 amide bonds. The van der Waals surface area contributed by atoms with Gasteiger partial charge in [0.15, 0.2) is 5.96 Å². The van der Waals surface area contributed by atoms with E-state index in [4.69, 9.17) is 5.73 Å². The summed E-state index contributed by atoms with van der Waals surface area (Å²) in [5, 5.41) is 3.32. The zero-order valence-electron chi connectivity index (χ0n) is 16.6. The van der Waals surface area contributed by atoms with Crippen molar-refractivity contribution in [1.82, 2.24) is 15.1 Å². The number of rotatable bonds is 9. The highest BCUT2D eigenvalue weighted by Crippen LogP contribution is 2.15. The number of nitrogens with two attached hydrogens (primary N) is 1. The van der Waals surface area contributed by atoms with Crippen molar-refractivity contribution < 1.29 is 0 Å². The Hall–Kier alpha value is -0.860. The summed E-state index contributed by atoms with van der Waals surface area (Å²) in [6, 6.07) is 9.13. The lowest BCUT2D eigenvalue weighted by molar-refractivity contribution is 0.267. The van der Waals surface area contributed by atoms with Crippen LogP contribution in [0.4, 0.5) is 0 Å². The molecule has 1 aromatic rings. The van der Waals surface area contributed by atoms with Crippen LogP contribution >= 0.6 is 24.0 Å². The average Bonchev–Trinajstić information content (AvgIpc) is 3.11. The van der Waals surface area contributed by atoms with Crippen molar-refractivity contribution in [2.24, 2.45) is 10.7 Å². The van der Waals surface area contributed by atoms with Gasteiger partial charge in [0.2, 0.25) is 0 Å². The Bertz CT molecular complexity index is 545. The summed E-state index contributed by atoms with van der Waals surface area (Å²) in [5.41, 5.74) is 8.70. The second-order valence-electron chi connectivity index (χ2n) is 6.74. The SMILES string of the molecule is CCN(CC)Cc1ccccc1CN=C(N)NCC1CCCN1CC.I. The van der Waals surface area contributed by atoms with Crippen molar-refractivity contribution >= 4 is 29.9 Å². The van der Waals surface area contributed by atoms with E-state index in [2.05, 4.69) is 65.1 Å². The van der Waals surface area contributed by atoms with Crippen LogP contribution in [0, 0.1) is 0 Å². The van der Waals surface area contributed by atoms with Crippen molar-refractivity contribution in [3.8, 4) is 0 Å². The quantitative estimate of drug-likeness (QED) is 0.329. The van der Waals surface area contributed by atoms with Gasteiger partial charge in [0.25, 0.3) is 0 Å². The number of benzene rings is 1. The fourth-order valence-corrected chi connectivity index (χ4v) is 3.55. The second-order valence-corrected chi connectivity index (χ2v) is 6.74. The van der Waals surface area contributed by atoms with Gasteiger partial charge in [-0.2, -0.15) is 0 Å². The molecule has 1 atom stereocenters. The zero-order valence-corrected chi connectivity index (χ0v) is 18.9. The number of halogens is 1. The number of guanidine groups is 1. The molecule has 0 spiro atoms. The molecule has 148 valence electrons. The standard InChI is InChI=1S/C20H35N5.HI/c1-4-24(5-2)16-18-11-8-7-10-17(18)14-22-20(21)23-15-19-12-9-13-25(19)6-3;/h7-8,10-11,19H,4-6,9,12-16H2,1-3H3,(H3,21,22,23);1H. The molecule has 1 saturated heterocycles. The highest BCUT2D eigenvalue weighted by Gasteiger charge is 2.22. The summed E-state index contributed by atoms with van der Waals surface area (Å²) < 4.78 is 0. The molecular formula is C20H36IN5. The first-order valence-electron chi connectivity index (χ1n) is 9.74. The van der Waals surface area contributed by atoms with Gasteiger partial charge < -0.3 is 11.1 Å². The molecule has 1 aliphatic heterocycles. The first kappa shape index (κ1) is 23.2. The lowest BCUT2D eigenvalue weighted by atomic mass is 10.1. The van der Waals surface area contributed by atoms with Gasteiger partial charge in [-0.15, -0.1) is 24.0 Å². The van der Waals surface area contributed by atoms with Crippen LogP contribution in [0.25, 0.3) is 0 Å². The molecule has 0 radical (unpaired) electrons. The minimum Gasteiger partial charge on any atom is -0.370 e. The van der Waals surface area contributed by atoms with Crippen LogP contribution in [0.15, 0.2) is 29.3 Å². The Morgan fingerprint density at radius 3 is 2.58 bits per heavy atom. The molecule has 2 rings (SSSR count). The Kier molecular flexibility index (Phi) is 11.2. The van der Waals surface area contributed by atoms with Crippen LogP contribution in [0.5, 0.6) is 0 Å². The summed E-state index contributed by atoms with van der Waals surface area (Å²) in [6.07, 6.45) is 2.54. The minimum atomic E-state index is 0. The molecule has 1 heterocycles. The largest absolute Gasteiger partial charge is 0.370 e. The smallest absolute Gasteiger partial charge is 0.188 e. The van der Waals surface area contributed by atoms with Gasteiger partial charge in [-0.3, -0.25) is 9.80 Å². The van der Waals surface area contributed by atoms with Crippen molar-refractivity contribution in [3.05, 3.63) is 35.4 Å². The molecule has 1 aromatic carbocycles. The van der Waals surface area contributed by atoms with Crippen LogP contribution in [0.1, 0.15) is 44.7 Å². The van der Waals surface area contributed by atoms with Crippen molar-refractivity contribution in [3.63, 3.8) is 0 Å². The highest BCUT2D eigenvalue weighted by molar-refractivity contribution is 14.0. The van der Waals surface area contributed by atoms with Crippen LogP contribution in [0.2, 0.25) is 0 Å². The van der Waals surface area contributed by atoms with E-state index in [0.29, 0.717) is 18.5 Å². The maximum atomic E-state index is 6.10. The number of nitrogens with one attached hydrogen (secondary N) is 1. The van der Waals surface area contributed by atoms with Crippen LogP contribution in [0.3, 0.4) is 0 Å². The van der Waals surface area contributed by atoms with E-state index in [1.807, 2.05) is 0 Å². The van der Waals surface area contributed by atoms with Gasteiger partial charge in [-0.1, -0.05) is 45.0 Å². The molecule has 0 saturated carbocycles. The maximum Gasteiger partial charge on any atom is 0.188 e. The van der Waals surface area contributed by atoms with Crippen LogP contribution in [-0.2, 0) is 13.1 Å². The third-order valence-corrected chi connectivity index (χ3v) is 5.25. The normalized spacial score (nSPS) is 18.2. The fourth-order valence-electron chi connectivity index (χ4n) is 3.55. The van der Waals surface area contributed by atoms with E-state index >= 15 is 0 Å². The molecule has 0 aliphatic carbocycles. The van der Waals surface area contributed by atoms with Crippen LogP contribution < -0.4 is 11.1 Å². The highest BCUT2D eigenvalue weighted by atomic mass is 127. The van der Waals surface area contributed by atoms with E-state index in [1.54, 1.807) is 0 Å². The molecule has 0 bridgehead atoms. The third kappa shape index (κ3) is 7.04. The lowest BCUT2D eigenvalue weighted by Gasteiger charge is -2.23. The number of aliphatic imine (C=N–C) groups is 1. The van der Waals surface area contributed by atoms with Crippen molar-refractivity contribution in [2.45, 2.75) is 52.7 Å². The molecule has 1 unspecified atom stereocenters. The van der Waals surface area contributed by atoms with Gasteiger partial charge in [-0.25, -0.2) is 4.99 Å². The Balaban J connectivity index is 0.00000338. The summed E-state index contributed by atoms with van der Waals surface area (Å²) in [4.78, 5) is 9.51. The molecule has 1 fully saturated rings. The van der Waals surface area contributed by atoms with Crippen molar-refractivity contribution in [2.75, 3.05) is 32.7 Å². The molecule has 3 N–H and O–H groups in total. The second kappa shape index (κ2) is 12.5. The van der Waals surface area contributed by atoms with Crippen LogP contribution in [-0.4, -0.2) is 54.5 Å². The van der Waals surface area contributed by atoms with Gasteiger partial charge >= 0.3 is 0 Å². The van der Waals surface area contributed by atoms with E-state index in [9.17, 15) is 0 Å². The number of hydrogen-bond donors (Lipinski definition) is 2. The van der Waals surface area contributed by atoms with E-state index in [0.717, 1.165) is 32.7 Å². The predicted octanol–water partition coefficient (Wildman–Crippen LogP) is 3.04. The molecule has 0 aromatic heterocycles. The summed E-state index contributed by atoms with van der Waals surface area (Å²) >= 11 is 0. The first-order chi connectivity index (χ1) is 12.2. The fraction of sp³-hybridized carbons (Fsp3) is 0.650. The Morgan fingerprint density at radius 1 is 1.23 bits per heavy atom. The zero-order chi connectivity index (χ0) is 18.1. The average molecular weight is 473 g/mol. The topological polar surface area (TPSA) is 56.9 Å². The number of hydrogen-bond acceptors (Lipinski definition) is 3.